The van der Waals surface area contributed by atoms with Crippen molar-refractivity contribution in [1.29, 1.82) is 0 Å². The summed E-state index contributed by atoms with van der Waals surface area (Å²) in [4.78, 5) is 2.66. The van der Waals surface area contributed by atoms with E-state index >= 15 is 0 Å². The topological polar surface area (TPSA) is 15.3 Å². The first-order valence-electron chi connectivity index (χ1n) is 8.51. The fourth-order valence-corrected chi connectivity index (χ4v) is 3.76. The molecular formula is C17H34N2. The van der Waals surface area contributed by atoms with Crippen LogP contribution in [0.4, 0.5) is 0 Å². The molecule has 0 aromatic heterocycles. The van der Waals surface area contributed by atoms with Gasteiger partial charge in [0.2, 0.25) is 0 Å². The van der Waals surface area contributed by atoms with Crippen LogP contribution >= 0.6 is 0 Å². The highest BCUT2D eigenvalue weighted by molar-refractivity contribution is 4.81. The molecule has 1 saturated carbocycles. The molecule has 0 bridgehead atoms. The van der Waals surface area contributed by atoms with Crippen molar-refractivity contribution in [2.75, 3.05) is 26.2 Å². The minimum atomic E-state index is 0.506. The van der Waals surface area contributed by atoms with Gasteiger partial charge in [0.1, 0.15) is 0 Å². The summed E-state index contributed by atoms with van der Waals surface area (Å²) in [6.45, 7) is 12.3. The van der Waals surface area contributed by atoms with Gasteiger partial charge in [-0.05, 0) is 50.1 Å². The molecule has 1 saturated heterocycles. The Morgan fingerprint density at radius 1 is 0.947 bits per heavy atom. The Hall–Kier alpha value is -0.0800. The standard InChI is InChI=1S/C17H34N2/c1-17(2,3)15-9-12-19(13-10-15)14-11-18-16-7-5-4-6-8-16/h15-16,18H,4-14H2,1-3H3. The molecule has 1 aliphatic carbocycles. The molecule has 0 aromatic rings. The molecule has 2 fully saturated rings. The molecule has 0 radical (unpaired) electrons. The van der Waals surface area contributed by atoms with Crippen LogP contribution in [0.3, 0.4) is 0 Å². The number of nitrogens with zero attached hydrogens (tertiary/aromatic N) is 1. The van der Waals surface area contributed by atoms with Crippen molar-refractivity contribution in [2.24, 2.45) is 11.3 Å². The summed E-state index contributed by atoms with van der Waals surface area (Å²) in [5, 5.41) is 3.77. The van der Waals surface area contributed by atoms with E-state index in [4.69, 9.17) is 0 Å². The van der Waals surface area contributed by atoms with Gasteiger partial charge in [-0.1, -0.05) is 40.0 Å². The third kappa shape index (κ3) is 5.07. The fraction of sp³-hybridized carbons (Fsp3) is 1.00. The van der Waals surface area contributed by atoms with E-state index in [1.165, 1.54) is 71.1 Å². The highest BCUT2D eigenvalue weighted by Gasteiger charge is 2.28. The van der Waals surface area contributed by atoms with E-state index in [0.29, 0.717) is 5.41 Å². The number of likely N-dealkylation sites (tertiary alicyclic amines) is 1. The van der Waals surface area contributed by atoms with E-state index in [2.05, 4.69) is 31.0 Å². The maximum Gasteiger partial charge on any atom is 0.0107 e. The molecule has 112 valence electrons. The summed E-state index contributed by atoms with van der Waals surface area (Å²) >= 11 is 0. The maximum absolute atomic E-state index is 3.77. The molecule has 0 aromatic carbocycles. The number of hydrogen-bond donors (Lipinski definition) is 1. The lowest BCUT2D eigenvalue weighted by molar-refractivity contribution is 0.112. The average molecular weight is 266 g/mol. The minimum absolute atomic E-state index is 0.506. The summed E-state index contributed by atoms with van der Waals surface area (Å²) in [5.74, 6) is 0.926. The largest absolute Gasteiger partial charge is 0.313 e. The minimum Gasteiger partial charge on any atom is -0.313 e. The monoisotopic (exact) mass is 266 g/mol. The second-order valence-electron chi connectivity index (χ2n) is 7.77. The zero-order chi connectivity index (χ0) is 13.7. The van der Waals surface area contributed by atoms with E-state index in [0.717, 1.165) is 12.0 Å². The van der Waals surface area contributed by atoms with Gasteiger partial charge < -0.3 is 10.2 Å². The molecule has 2 rings (SSSR count). The average Bonchev–Trinajstić information content (AvgIpc) is 2.39. The maximum atomic E-state index is 3.77. The van der Waals surface area contributed by atoms with Crippen LogP contribution in [0, 0.1) is 11.3 Å². The van der Waals surface area contributed by atoms with Gasteiger partial charge in [-0.25, -0.2) is 0 Å². The van der Waals surface area contributed by atoms with E-state index < -0.39 is 0 Å². The van der Waals surface area contributed by atoms with Crippen molar-refractivity contribution in [1.82, 2.24) is 10.2 Å². The lowest BCUT2D eigenvalue weighted by atomic mass is 9.75. The van der Waals surface area contributed by atoms with Crippen molar-refractivity contribution in [3.8, 4) is 0 Å². The predicted molar refractivity (Wildman–Crippen MR) is 83.5 cm³/mol. The molecule has 0 atom stereocenters. The second-order valence-corrected chi connectivity index (χ2v) is 7.77. The Morgan fingerprint density at radius 3 is 2.16 bits per heavy atom. The third-order valence-corrected chi connectivity index (χ3v) is 5.28. The Bertz CT molecular complexity index is 242. The van der Waals surface area contributed by atoms with Gasteiger partial charge >= 0.3 is 0 Å². The first kappa shape index (κ1) is 15.3. The van der Waals surface area contributed by atoms with Crippen LogP contribution in [0.2, 0.25) is 0 Å². The number of hydrogen-bond acceptors (Lipinski definition) is 2. The summed E-state index contributed by atoms with van der Waals surface area (Å²) < 4.78 is 0. The smallest absolute Gasteiger partial charge is 0.0107 e. The van der Waals surface area contributed by atoms with E-state index in [9.17, 15) is 0 Å². The molecule has 2 heteroatoms. The zero-order valence-electron chi connectivity index (χ0n) is 13.4. The number of piperidine rings is 1. The van der Waals surface area contributed by atoms with Crippen molar-refractivity contribution >= 4 is 0 Å². The Kier molecular flexibility index (Phi) is 5.70. The van der Waals surface area contributed by atoms with Crippen molar-refractivity contribution in [3.63, 3.8) is 0 Å². The number of rotatable bonds is 4. The Balaban J connectivity index is 1.58. The molecule has 1 aliphatic heterocycles. The summed E-state index contributed by atoms with van der Waals surface area (Å²) in [7, 11) is 0. The van der Waals surface area contributed by atoms with Gasteiger partial charge in [0.25, 0.3) is 0 Å². The molecule has 0 amide bonds. The van der Waals surface area contributed by atoms with Crippen LogP contribution in [0.5, 0.6) is 0 Å². The van der Waals surface area contributed by atoms with Crippen LogP contribution in [0.25, 0.3) is 0 Å². The SMILES string of the molecule is CC(C)(C)C1CCN(CCNC2CCCCC2)CC1. The van der Waals surface area contributed by atoms with Crippen molar-refractivity contribution in [2.45, 2.75) is 71.8 Å². The normalized spacial score (nSPS) is 24.8. The van der Waals surface area contributed by atoms with Crippen molar-refractivity contribution < 1.29 is 0 Å². The molecule has 1 heterocycles. The first-order valence-corrected chi connectivity index (χ1v) is 8.51. The predicted octanol–water partition coefficient (Wildman–Crippen LogP) is 3.67. The quantitative estimate of drug-likeness (QED) is 0.835. The van der Waals surface area contributed by atoms with E-state index in [1.807, 2.05) is 0 Å². The third-order valence-electron chi connectivity index (χ3n) is 5.28. The molecule has 1 N–H and O–H groups in total. The van der Waals surface area contributed by atoms with Crippen LogP contribution in [0.1, 0.15) is 65.7 Å². The summed E-state index contributed by atoms with van der Waals surface area (Å²) in [6.07, 6.45) is 9.94. The molecule has 2 aliphatic rings. The van der Waals surface area contributed by atoms with Gasteiger partial charge in [0, 0.05) is 19.1 Å². The van der Waals surface area contributed by atoms with Gasteiger partial charge in [-0.3, -0.25) is 0 Å². The van der Waals surface area contributed by atoms with Gasteiger partial charge in [-0.2, -0.15) is 0 Å². The molecule has 19 heavy (non-hydrogen) atoms. The van der Waals surface area contributed by atoms with Gasteiger partial charge in [0.05, 0.1) is 0 Å². The molecule has 0 unspecified atom stereocenters. The fourth-order valence-electron chi connectivity index (χ4n) is 3.76. The zero-order valence-corrected chi connectivity index (χ0v) is 13.4. The molecule has 2 nitrogen and oxygen atoms in total. The lowest BCUT2D eigenvalue weighted by Gasteiger charge is -2.39. The van der Waals surface area contributed by atoms with Crippen LogP contribution in [0.15, 0.2) is 0 Å². The number of nitrogens with one attached hydrogen (secondary N) is 1. The summed E-state index contributed by atoms with van der Waals surface area (Å²) in [5.41, 5.74) is 0.506. The lowest BCUT2D eigenvalue weighted by Crippen LogP contribution is -2.42. The van der Waals surface area contributed by atoms with E-state index in [1.54, 1.807) is 0 Å². The van der Waals surface area contributed by atoms with Crippen molar-refractivity contribution in [3.05, 3.63) is 0 Å². The highest BCUT2D eigenvalue weighted by Crippen LogP contribution is 2.34. The molecular weight excluding hydrogens is 232 g/mol. The van der Waals surface area contributed by atoms with Crippen LogP contribution < -0.4 is 5.32 Å². The second kappa shape index (κ2) is 7.08. The Morgan fingerprint density at radius 2 is 1.58 bits per heavy atom. The van der Waals surface area contributed by atoms with Crippen LogP contribution in [-0.2, 0) is 0 Å². The first-order chi connectivity index (χ1) is 9.05. The molecule has 0 spiro atoms. The summed E-state index contributed by atoms with van der Waals surface area (Å²) in [6, 6.07) is 0.820. The van der Waals surface area contributed by atoms with E-state index in [-0.39, 0.29) is 0 Å². The highest BCUT2D eigenvalue weighted by atomic mass is 15.1. The van der Waals surface area contributed by atoms with Crippen LogP contribution in [-0.4, -0.2) is 37.1 Å². The van der Waals surface area contributed by atoms with Gasteiger partial charge in [-0.15, -0.1) is 0 Å². The Labute approximate surface area is 120 Å². The van der Waals surface area contributed by atoms with Gasteiger partial charge in [0.15, 0.2) is 0 Å².